The van der Waals surface area contributed by atoms with E-state index in [1.165, 1.54) is 6.07 Å². The second kappa shape index (κ2) is 6.11. The Morgan fingerprint density at radius 2 is 2.05 bits per heavy atom. The van der Waals surface area contributed by atoms with Crippen LogP contribution in [-0.2, 0) is 10.0 Å². The molecule has 0 aliphatic heterocycles. The zero-order valence-electron chi connectivity index (χ0n) is 10.6. The number of benzene rings is 1. The maximum Gasteiger partial charge on any atom is 0.346 e. The average molecular weight is 458 g/mol. The van der Waals surface area contributed by atoms with Gasteiger partial charge in [0, 0.05) is 8.59 Å². The molecule has 1 aromatic carbocycles. The van der Waals surface area contributed by atoms with Gasteiger partial charge in [-0.15, -0.1) is 11.3 Å². The van der Waals surface area contributed by atoms with E-state index in [1.54, 1.807) is 25.1 Å². The third-order valence-corrected chi connectivity index (χ3v) is 6.72. The number of anilines is 1. The molecule has 5 nitrogen and oxygen atoms in total. The van der Waals surface area contributed by atoms with Gasteiger partial charge in [0.1, 0.15) is 9.09 Å². The maximum atomic E-state index is 12.3. The molecule has 0 amide bonds. The van der Waals surface area contributed by atoms with Crippen LogP contribution < -0.4 is 4.72 Å². The lowest BCUT2D eigenvalue weighted by atomic mass is 10.3. The predicted octanol–water partition coefficient (Wildman–Crippen LogP) is 3.81. The van der Waals surface area contributed by atoms with Crippen molar-refractivity contribution in [2.75, 3.05) is 4.72 Å². The summed E-state index contributed by atoms with van der Waals surface area (Å²) in [6.07, 6.45) is 0. The van der Waals surface area contributed by atoms with Gasteiger partial charge < -0.3 is 5.11 Å². The summed E-state index contributed by atoms with van der Waals surface area (Å²) < 4.78 is 27.6. The number of hydrogen-bond acceptors (Lipinski definition) is 4. The number of aromatic carboxylic acids is 1. The Morgan fingerprint density at radius 1 is 1.38 bits per heavy atom. The zero-order valence-corrected chi connectivity index (χ0v) is 15.1. The Bertz CT molecular complexity index is 817. The Balaban J connectivity index is 2.38. The number of sulfonamides is 1. The van der Waals surface area contributed by atoms with Crippen molar-refractivity contribution < 1.29 is 18.3 Å². The zero-order chi connectivity index (χ0) is 15.8. The van der Waals surface area contributed by atoms with Gasteiger partial charge in [0.05, 0.1) is 5.69 Å². The van der Waals surface area contributed by atoms with Gasteiger partial charge in [0.15, 0.2) is 0 Å². The number of carbonyl (C=O) groups is 1. The molecule has 0 bridgehead atoms. The van der Waals surface area contributed by atoms with Crippen molar-refractivity contribution in [3.8, 4) is 0 Å². The van der Waals surface area contributed by atoms with Crippen LogP contribution in [0.5, 0.6) is 0 Å². The first-order valence-corrected chi connectivity index (χ1v) is 9.28. The highest BCUT2D eigenvalue weighted by Gasteiger charge is 2.22. The molecule has 0 saturated heterocycles. The summed E-state index contributed by atoms with van der Waals surface area (Å²) in [7, 11) is -3.83. The molecular formula is C12H9ClINO4S2. The quantitative estimate of drug-likeness (QED) is 0.684. The highest BCUT2D eigenvalue weighted by Crippen LogP contribution is 2.29. The van der Waals surface area contributed by atoms with Crippen LogP contribution in [0, 0.1) is 10.5 Å². The molecule has 0 fully saturated rings. The third-order valence-electron chi connectivity index (χ3n) is 2.53. The minimum Gasteiger partial charge on any atom is -0.477 e. The van der Waals surface area contributed by atoms with Gasteiger partial charge in [-0.05, 0) is 59.3 Å². The van der Waals surface area contributed by atoms with E-state index in [2.05, 4.69) is 4.72 Å². The largest absolute Gasteiger partial charge is 0.477 e. The first-order valence-electron chi connectivity index (χ1n) is 5.52. The number of carboxylic acids is 1. The molecular weight excluding hydrogens is 449 g/mol. The molecule has 0 aliphatic rings. The smallest absolute Gasteiger partial charge is 0.346 e. The summed E-state index contributed by atoms with van der Waals surface area (Å²) in [5.74, 6) is -1.14. The molecule has 9 heteroatoms. The van der Waals surface area contributed by atoms with Crippen LogP contribution in [-0.4, -0.2) is 19.5 Å². The Morgan fingerprint density at radius 3 is 2.57 bits per heavy atom. The molecule has 0 unspecified atom stereocenters. The molecule has 112 valence electrons. The Kier molecular flexibility index (Phi) is 4.81. The van der Waals surface area contributed by atoms with Gasteiger partial charge in [0.2, 0.25) is 0 Å². The van der Waals surface area contributed by atoms with Crippen molar-refractivity contribution >= 4 is 67.2 Å². The van der Waals surface area contributed by atoms with Crippen LogP contribution in [0.15, 0.2) is 28.5 Å². The van der Waals surface area contributed by atoms with Crippen LogP contribution in [0.25, 0.3) is 0 Å². The number of halogens is 2. The topological polar surface area (TPSA) is 83.5 Å². The molecule has 0 aliphatic carbocycles. The second-order valence-electron chi connectivity index (χ2n) is 4.11. The van der Waals surface area contributed by atoms with E-state index in [0.717, 1.165) is 11.3 Å². The van der Waals surface area contributed by atoms with Crippen molar-refractivity contribution in [1.82, 2.24) is 0 Å². The first kappa shape index (κ1) is 16.5. The molecule has 2 rings (SSSR count). The molecule has 0 saturated carbocycles. The highest BCUT2D eigenvalue weighted by atomic mass is 127. The van der Waals surface area contributed by atoms with Crippen LogP contribution >= 0.6 is 45.5 Å². The predicted molar refractivity (Wildman–Crippen MR) is 91.0 cm³/mol. The van der Waals surface area contributed by atoms with Crippen LogP contribution in [0.2, 0.25) is 5.02 Å². The van der Waals surface area contributed by atoms with Crippen molar-refractivity contribution in [2.45, 2.75) is 11.1 Å². The SMILES string of the molecule is Cc1cc(S(=O)(=O)Nc2ccc(Cl)cc2I)sc1C(=O)O. The fourth-order valence-electron chi connectivity index (χ4n) is 1.56. The van der Waals surface area contributed by atoms with E-state index >= 15 is 0 Å². The monoisotopic (exact) mass is 457 g/mol. The normalized spacial score (nSPS) is 11.4. The van der Waals surface area contributed by atoms with Crippen molar-refractivity contribution in [3.05, 3.63) is 43.3 Å². The first-order chi connectivity index (χ1) is 9.70. The number of carboxylic acid groups (broad SMARTS) is 1. The van der Waals surface area contributed by atoms with Crippen LogP contribution in [0.4, 0.5) is 5.69 Å². The fourth-order valence-corrected chi connectivity index (χ4v) is 5.21. The third kappa shape index (κ3) is 3.68. The molecule has 1 aromatic heterocycles. The number of aryl methyl sites for hydroxylation is 1. The lowest BCUT2D eigenvalue weighted by Crippen LogP contribution is -2.12. The van der Waals surface area contributed by atoms with E-state index in [1.807, 2.05) is 22.6 Å². The summed E-state index contributed by atoms with van der Waals surface area (Å²) in [6, 6.07) is 6.10. The van der Waals surface area contributed by atoms with E-state index in [0.29, 0.717) is 19.8 Å². The van der Waals surface area contributed by atoms with E-state index in [-0.39, 0.29) is 9.09 Å². The van der Waals surface area contributed by atoms with E-state index in [9.17, 15) is 13.2 Å². The summed E-state index contributed by atoms with van der Waals surface area (Å²) in [5, 5.41) is 9.49. The molecule has 2 N–H and O–H groups in total. The molecule has 0 radical (unpaired) electrons. The summed E-state index contributed by atoms with van der Waals surface area (Å²) >= 11 is 8.51. The fraction of sp³-hybridized carbons (Fsp3) is 0.0833. The number of hydrogen-bond donors (Lipinski definition) is 2. The van der Waals surface area contributed by atoms with Crippen molar-refractivity contribution in [3.63, 3.8) is 0 Å². The van der Waals surface area contributed by atoms with Crippen LogP contribution in [0.1, 0.15) is 15.2 Å². The van der Waals surface area contributed by atoms with Crippen LogP contribution in [0.3, 0.4) is 0 Å². The average Bonchev–Trinajstić information content (AvgIpc) is 2.76. The minimum absolute atomic E-state index is 0.0150. The van der Waals surface area contributed by atoms with Gasteiger partial charge >= 0.3 is 5.97 Å². The summed E-state index contributed by atoms with van der Waals surface area (Å²) in [6.45, 7) is 1.56. The molecule has 0 spiro atoms. The van der Waals surface area contributed by atoms with Gasteiger partial charge in [-0.2, -0.15) is 0 Å². The van der Waals surface area contributed by atoms with Crippen molar-refractivity contribution in [1.29, 1.82) is 0 Å². The summed E-state index contributed by atoms with van der Waals surface area (Å²) in [4.78, 5) is 11.0. The van der Waals surface area contributed by atoms with Gasteiger partial charge in [0.25, 0.3) is 10.0 Å². The van der Waals surface area contributed by atoms with E-state index in [4.69, 9.17) is 16.7 Å². The highest BCUT2D eigenvalue weighted by molar-refractivity contribution is 14.1. The Hall–Kier alpha value is -0.840. The second-order valence-corrected chi connectivity index (χ2v) is 8.67. The lowest BCUT2D eigenvalue weighted by Gasteiger charge is -2.08. The van der Waals surface area contributed by atoms with E-state index < -0.39 is 16.0 Å². The molecule has 2 aromatic rings. The molecule has 21 heavy (non-hydrogen) atoms. The minimum atomic E-state index is -3.83. The standard InChI is InChI=1S/C12H9ClINO4S2/c1-6-4-10(20-11(6)12(16)17)21(18,19)15-9-3-2-7(13)5-8(9)14/h2-5,15H,1H3,(H,16,17). The number of thiophene rings is 1. The summed E-state index contributed by atoms with van der Waals surface area (Å²) in [5.41, 5.74) is 0.807. The van der Waals surface area contributed by atoms with Gasteiger partial charge in [-0.25, -0.2) is 13.2 Å². The lowest BCUT2D eigenvalue weighted by molar-refractivity contribution is 0.0701. The Labute approximate surface area is 144 Å². The van der Waals surface area contributed by atoms with Gasteiger partial charge in [-0.1, -0.05) is 11.6 Å². The number of nitrogens with one attached hydrogen (secondary N) is 1. The maximum absolute atomic E-state index is 12.3. The molecule has 0 atom stereocenters. The van der Waals surface area contributed by atoms with Crippen molar-refractivity contribution in [2.24, 2.45) is 0 Å². The number of rotatable bonds is 4. The van der Waals surface area contributed by atoms with Gasteiger partial charge in [-0.3, -0.25) is 4.72 Å². The molecule has 1 heterocycles.